The molecule has 2 rings (SSSR count). The monoisotopic (exact) mass is 391 g/mol. The smallest absolute Gasteiger partial charge is 0.326 e. The lowest BCUT2D eigenvalue weighted by Gasteiger charge is -2.30. The van der Waals surface area contributed by atoms with Crippen LogP contribution in [0.1, 0.15) is 55.4 Å². The summed E-state index contributed by atoms with van der Waals surface area (Å²) in [4.78, 5) is 55.4. The summed E-state index contributed by atoms with van der Waals surface area (Å²) in [5.41, 5.74) is 5.13. The normalized spacial score (nSPS) is 16.6. The second kappa shape index (κ2) is 10.3. The van der Waals surface area contributed by atoms with E-state index in [1.54, 1.807) is 0 Å². The lowest BCUT2D eigenvalue weighted by Crippen LogP contribution is -2.55. The van der Waals surface area contributed by atoms with E-state index < -0.39 is 35.8 Å². The minimum absolute atomic E-state index is 0.0691. The summed E-state index contributed by atoms with van der Waals surface area (Å²) in [6.45, 7) is 0. The van der Waals surface area contributed by atoms with Gasteiger partial charge in [0.1, 0.15) is 17.8 Å². The van der Waals surface area contributed by atoms with Gasteiger partial charge in [-0.2, -0.15) is 0 Å². The highest BCUT2D eigenvalue weighted by Gasteiger charge is 2.33. The first-order chi connectivity index (χ1) is 13.4. The molecule has 1 heterocycles. The molecule has 1 saturated carbocycles. The zero-order valence-electron chi connectivity index (χ0n) is 15.5. The molecular weight excluding hydrogens is 366 g/mol. The Balaban J connectivity index is 2.12. The Morgan fingerprint density at radius 3 is 2.43 bits per heavy atom. The van der Waals surface area contributed by atoms with Crippen molar-refractivity contribution in [2.45, 2.75) is 57.0 Å². The van der Waals surface area contributed by atoms with E-state index in [2.05, 4.69) is 20.6 Å². The summed E-state index contributed by atoms with van der Waals surface area (Å²) in [5.74, 6) is -3.18. The van der Waals surface area contributed by atoms with Crippen LogP contribution in [-0.2, 0) is 14.4 Å². The maximum Gasteiger partial charge on any atom is 0.326 e. The fourth-order valence-corrected chi connectivity index (χ4v) is 3.30. The van der Waals surface area contributed by atoms with E-state index in [0.29, 0.717) is 0 Å². The number of nitrogens with zero attached hydrogens (tertiary/aromatic N) is 2. The molecule has 0 spiro atoms. The Hall–Kier alpha value is -3.04. The van der Waals surface area contributed by atoms with Crippen molar-refractivity contribution in [1.82, 2.24) is 20.6 Å². The Morgan fingerprint density at radius 2 is 1.86 bits per heavy atom. The van der Waals surface area contributed by atoms with Crippen molar-refractivity contribution in [2.24, 2.45) is 11.7 Å². The molecule has 1 aliphatic rings. The highest BCUT2D eigenvalue weighted by Crippen LogP contribution is 2.27. The number of carbonyl (C=O) groups excluding carboxylic acids is 3. The number of amides is 3. The molecule has 28 heavy (non-hydrogen) atoms. The molecule has 1 aliphatic carbocycles. The van der Waals surface area contributed by atoms with E-state index >= 15 is 0 Å². The zero-order chi connectivity index (χ0) is 20.5. The quantitative estimate of drug-likeness (QED) is 0.459. The first kappa shape index (κ1) is 21.3. The number of carboxylic acids is 1. The van der Waals surface area contributed by atoms with Gasteiger partial charge < -0.3 is 21.5 Å². The summed E-state index contributed by atoms with van der Waals surface area (Å²) in [7, 11) is 0. The van der Waals surface area contributed by atoms with Crippen LogP contribution in [0.4, 0.5) is 0 Å². The van der Waals surface area contributed by atoms with Gasteiger partial charge in [0.2, 0.25) is 11.8 Å². The lowest BCUT2D eigenvalue weighted by atomic mass is 9.83. The van der Waals surface area contributed by atoms with Gasteiger partial charge in [-0.05, 0) is 25.2 Å². The second-order valence-corrected chi connectivity index (χ2v) is 6.84. The average Bonchev–Trinajstić information content (AvgIpc) is 2.69. The van der Waals surface area contributed by atoms with Crippen molar-refractivity contribution in [2.75, 3.05) is 0 Å². The fraction of sp³-hybridized carbons (Fsp3) is 0.556. The van der Waals surface area contributed by atoms with E-state index in [9.17, 15) is 24.3 Å². The van der Waals surface area contributed by atoms with E-state index in [0.717, 1.165) is 32.1 Å². The molecule has 1 fully saturated rings. The van der Waals surface area contributed by atoms with Gasteiger partial charge in [-0.3, -0.25) is 19.4 Å². The minimum Gasteiger partial charge on any atom is -0.480 e. The molecule has 2 atom stereocenters. The first-order valence-electron chi connectivity index (χ1n) is 9.27. The number of aliphatic carboxylic acids is 1. The standard InChI is InChI=1S/C18H25N5O5/c19-14(24)7-6-12(18(27)28)22-17(26)15(11-4-2-1-3-5-11)23-16(25)13-10-20-8-9-21-13/h8-12,15H,1-7H2,(H2,19,24)(H,22,26)(H,23,25)(H,27,28)/t12-,15-/m0/s1. The Morgan fingerprint density at radius 1 is 1.14 bits per heavy atom. The minimum atomic E-state index is -1.27. The number of nitrogens with two attached hydrogens (primary N) is 1. The second-order valence-electron chi connectivity index (χ2n) is 6.84. The number of primary amides is 1. The van der Waals surface area contributed by atoms with Gasteiger partial charge in [0, 0.05) is 18.8 Å². The van der Waals surface area contributed by atoms with Gasteiger partial charge in [-0.1, -0.05) is 19.3 Å². The van der Waals surface area contributed by atoms with Crippen LogP contribution in [0, 0.1) is 5.92 Å². The van der Waals surface area contributed by atoms with Crippen LogP contribution < -0.4 is 16.4 Å². The first-order valence-corrected chi connectivity index (χ1v) is 9.27. The van der Waals surface area contributed by atoms with E-state index in [4.69, 9.17) is 5.73 Å². The van der Waals surface area contributed by atoms with Crippen molar-refractivity contribution in [1.29, 1.82) is 0 Å². The van der Waals surface area contributed by atoms with Gasteiger partial charge in [0.15, 0.2) is 0 Å². The molecule has 1 aromatic heterocycles. The van der Waals surface area contributed by atoms with Crippen molar-refractivity contribution in [3.63, 3.8) is 0 Å². The highest BCUT2D eigenvalue weighted by atomic mass is 16.4. The summed E-state index contributed by atoms with van der Waals surface area (Å²) in [6.07, 6.45) is 8.21. The third-order valence-electron chi connectivity index (χ3n) is 4.78. The van der Waals surface area contributed by atoms with Crippen molar-refractivity contribution >= 4 is 23.7 Å². The van der Waals surface area contributed by atoms with Crippen molar-refractivity contribution in [3.05, 3.63) is 24.3 Å². The zero-order valence-corrected chi connectivity index (χ0v) is 15.5. The third kappa shape index (κ3) is 6.29. The number of carbonyl (C=O) groups is 4. The van der Waals surface area contributed by atoms with Gasteiger partial charge in [0.25, 0.3) is 5.91 Å². The topological polar surface area (TPSA) is 164 Å². The summed E-state index contributed by atoms with van der Waals surface area (Å²) >= 11 is 0. The number of hydrogen-bond acceptors (Lipinski definition) is 6. The molecule has 10 nitrogen and oxygen atoms in total. The van der Waals surface area contributed by atoms with E-state index in [1.165, 1.54) is 18.6 Å². The summed E-state index contributed by atoms with van der Waals surface area (Å²) in [5, 5.41) is 14.4. The molecule has 0 saturated heterocycles. The molecular formula is C18H25N5O5. The van der Waals surface area contributed by atoms with E-state index in [-0.39, 0.29) is 24.5 Å². The predicted molar refractivity (Wildman–Crippen MR) is 97.9 cm³/mol. The molecule has 0 bridgehead atoms. The Kier molecular flexibility index (Phi) is 7.85. The molecule has 5 N–H and O–H groups in total. The molecule has 3 amide bonds. The number of carboxylic acid groups (broad SMARTS) is 1. The fourth-order valence-electron chi connectivity index (χ4n) is 3.30. The average molecular weight is 391 g/mol. The molecule has 152 valence electrons. The van der Waals surface area contributed by atoms with Crippen LogP contribution in [0.15, 0.2) is 18.6 Å². The van der Waals surface area contributed by atoms with Gasteiger partial charge >= 0.3 is 5.97 Å². The van der Waals surface area contributed by atoms with E-state index in [1.807, 2.05) is 0 Å². The summed E-state index contributed by atoms with van der Waals surface area (Å²) < 4.78 is 0. The van der Waals surface area contributed by atoms with Crippen LogP contribution in [0.25, 0.3) is 0 Å². The van der Waals surface area contributed by atoms with Gasteiger partial charge in [0.05, 0.1) is 6.20 Å². The molecule has 0 aliphatic heterocycles. The van der Waals surface area contributed by atoms with Crippen molar-refractivity contribution in [3.8, 4) is 0 Å². The number of nitrogens with one attached hydrogen (secondary N) is 2. The maximum atomic E-state index is 12.8. The number of hydrogen-bond donors (Lipinski definition) is 4. The number of rotatable bonds is 9. The van der Waals surface area contributed by atoms with Crippen molar-refractivity contribution < 1.29 is 24.3 Å². The SMILES string of the molecule is NC(=O)CC[C@H](NC(=O)[C@@H](NC(=O)c1cnccn1)C1CCCCC1)C(=O)O. The lowest BCUT2D eigenvalue weighted by molar-refractivity contribution is -0.142. The molecule has 0 unspecified atom stereocenters. The van der Waals surface area contributed by atoms with Gasteiger partial charge in [-0.15, -0.1) is 0 Å². The highest BCUT2D eigenvalue weighted by molar-refractivity contribution is 5.96. The van der Waals surface area contributed by atoms with Gasteiger partial charge in [-0.25, -0.2) is 9.78 Å². The maximum absolute atomic E-state index is 12.8. The number of aromatic nitrogens is 2. The van der Waals surface area contributed by atoms with Crippen LogP contribution >= 0.6 is 0 Å². The Labute approximate surface area is 162 Å². The predicted octanol–water partition coefficient (Wildman–Crippen LogP) is -0.00980. The molecule has 0 radical (unpaired) electrons. The van der Waals surface area contributed by atoms with Crippen LogP contribution in [0.5, 0.6) is 0 Å². The molecule has 10 heteroatoms. The van der Waals surface area contributed by atoms with Crippen LogP contribution in [-0.4, -0.2) is 50.8 Å². The molecule has 1 aromatic rings. The van der Waals surface area contributed by atoms with Crippen LogP contribution in [0.2, 0.25) is 0 Å². The van der Waals surface area contributed by atoms with Crippen LogP contribution in [0.3, 0.4) is 0 Å². The summed E-state index contributed by atoms with van der Waals surface area (Å²) in [6, 6.07) is -2.16. The third-order valence-corrected chi connectivity index (χ3v) is 4.78. The largest absolute Gasteiger partial charge is 0.480 e. The Bertz CT molecular complexity index is 706. The molecule has 0 aromatic carbocycles.